The third-order valence-corrected chi connectivity index (χ3v) is 1.55. The van der Waals surface area contributed by atoms with E-state index in [2.05, 4.69) is 4.98 Å². The number of pyridine rings is 1. The van der Waals surface area contributed by atoms with Crippen LogP contribution in [0.5, 0.6) is 0 Å². The zero-order valence-electron chi connectivity index (χ0n) is 7.24. The number of ketones is 1. The van der Waals surface area contributed by atoms with Crippen molar-refractivity contribution in [1.29, 1.82) is 0 Å². The van der Waals surface area contributed by atoms with Crippen molar-refractivity contribution in [3.63, 3.8) is 0 Å². The molecule has 0 aliphatic rings. The van der Waals surface area contributed by atoms with Crippen molar-refractivity contribution in [3.05, 3.63) is 35.7 Å². The molecule has 1 rings (SSSR count). The monoisotopic (exact) mass is 161 g/mol. The van der Waals surface area contributed by atoms with Crippen LogP contribution in [0.1, 0.15) is 18.2 Å². The van der Waals surface area contributed by atoms with Crippen LogP contribution < -0.4 is 0 Å². The highest BCUT2D eigenvalue weighted by molar-refractivity contribution is 5.91. The molecule has 0 unspecified atom stereocenters. The molecular formula is C10H11NO. The lowest BCUT2D eigenvalue weighted by atomic mass is 10.2. The van der Waals surface area contributed by atoms with E-state index in [0.717, 1.165) is 11.3 Å². The molecule has 2 nitrogen and oxygen atoms in total. The second-order valence-corrected chi connectivity index (χ2v) is 2.62. The lowest BCUT2D eigenvalue weighted by Crippen LogP contribution is -1.85. The number of nitrogens with zero attached hydrogens (tertiary/aromatic N) is 1. The van der Waals surface area contributed by atoms with Crippen LogP contribution in [0.3, 0.4) is 0 Å². The zero-order valence-corrected chi connectivity index (χ0v) is 7.24. The Balaban J connectivity index is 2.89. The van der Waals surface area contributed by atoms with Gasteiger partial charge >= 0.3 is 0 Å². The SMILES string of the molecule is CC(=O)/C=C/c1cccnc1C. The molecule has 12 heavy (non-hydrogen) atoms. The summed E-state index contributed by atoms with van der Waals surface area (Å²) >= 11 is 0. The Morgan fingerprint density at radius 1 is 1.58 bits per heavy atom. The van der Waals surface area contributed by atoms with Crippen molar-refractivity contribution in [1.82, 2.24) is 4.98 Å². The van der Waals surface area contributed by atoms with Crippen LogP contribution in [0.2, 0.25) is 0 Å². The van der Waals surface area contributed by atoms with Gasteiger partial charge in [0.25, 0.3) is 0 Å². The van der Waals surface area contributed by atoms with E-state index in [9.17, 15) is 4.79 Å². The summed E-state index contributed by atoms with van der Waals surface area (Å²) in [5.41, 5.74) is 1.93. The molecule has 0 N–H and O–H groups in total. The van der Waals surface area contributed by atoms with Crippen molar-refractivity contribution in [2.24, 2.45) is 0 Å². The van der Waals surface area contributed by atoms with Crippen molar-refractivity contribution in [2.75, 3.05) is 0 Å². The van der Waals surface area contributed by atoms with E-state index >= 15 is 0 Å². The second-order valence-electron chi connectivity index (χ2n) is 2.62. The fraction of sp³-hybridized carbons (Fsp3) is 0.200. The van der Waals surface area contributed by atoms with Crippen LogP contribution >= 0.6 is 0 Å². The Labute approximate surface area is 71.9 Å². The minimum Gasteiger partial charge on any atom is -0.295 e. The van der Waals surface area contributed by atoms with Gasteiger partial charge in [0.15, 0.2) is 5.78 Å². The van der Waals surface area contributed by atoms with Gasteiger partial charge in [-0.1, -0.05) is 6.07 Å². The molecule has 0 aromatic carbocycles. The molecule has 0 spiro atoms. The van der Waals surface area contributed by atoms with Gasteiger partial charge < -0.3 is 0 Å². The molecule has 0 amide bonds. The molecule has 0 atom stereocenters. The average Bonchev–Trinajstić information content (AvgIpc) is 2.03. The van der Waals surface area contributed by atoms with E-state index in [1.165, 1.54) is 6.92 Å². The van der Waals surface area contributed by atoms with Crippen LogP contribution in [0.4, 0.5) is 0 Å². The molecule has 0 bridgehead atoms. The average molecular weight is 161 g/mol. The molecule has 0 saturated carbocycles. The number of hydrogen-bond acceptors (Lipinski definition) is 2. The summed E-state index contributed by atoms with van der Waals surface area (Å²) in [6.07, 6.45) is 5.06. The van der Waals surface area contributed by atoms with Gasteiger partial charge in [-0.15, -0.1) is 0 Å². The number of carbonyl (C=O) groups is 1. The van der Waals surface area contributed by atoms with Gasteiger partial charge in [-0.25, -0.2) is 0 Å². The van der Waals surface area contributed by atoms with Crippen molar-refractivity contribution >= 4 is 11.9 Å². The number of aromatic nitrogens is 1. The third-order valence-electron chi connectivity index (χ3n) is 1.55. The van der Waals surface area contributed by atoms with E-state index in [0.29, 0.717) is 0 Å². The second kappa shape index (κ2) is 3.81. The van der Waals surface area contributed by atoms with Gasteiger partial charge in [-0.2, -0.15) is 0 Å². The molecule has 0 fully saturated rings. The first kappa shape index (κ1) is 8.65. The summed E-state index contributed by atoms with van der Waals surface area (Å²) in [7, 11) is 0. The largest absolute Gasteiger partial charge is 0.295 e. The first-order valence-corrected chi connectivity index (χ1v) is 3.80. The summed E-state index contributed by atoms with van der Waals surface area (Å²) in [4.78, 5) is 14.7. The fourth-order valence-electron chi connectivity index (χ4n) is 0.880. The topological polar surface area (TPSA) is 30.0 Å². The predicted octanol–water partition coefficient (Wildman–Crippen LogP) is 1.99. The number of hydrogen-bond donors (Lipinski definition) is 0. The van der Waals surface area contributed by atoms with Crippen molar-refractivity contribution < 1.29 is 4.79 Å². The highest BCUT2D eigenvalue weighted by atomic mass is 16.1. The Kier molecular flexibility index (Phi) is 2.75. The summed E-state index contributed by atoms with van der Waals surface area (Å²) < 4.78 is 0. The van der Waals surface area contributed by atoms with Crippen LogP contribution in [0.15, 0.2) is 24.4 Å². The first-order valence-electron chi connectivity index (χ1n) is 3.80. The molecule has 0 radical (unpaired) electrons. The summed E-state index contributed by atoms with van der Waals surface area (Å²) in [6.45, 7) is 3.45. The van der Waals surface area contributed by atoms with E-state index < -0.39 is 0 Å². The van der Waals surface area contributed by atoms with Gasteiger partial charge in [0.2, 0.25) is 0 Å². The molecule has 1 aromatic rings. The smallest absolute Gasteiger partial charge is 0.152 e. The molecule has 62 valence electrons. The van der Waals surface area contributed by atoms with Crippen LogP contribution in [0.25, 0.3) is 6.08 Å². The van der Waals surface area contributed by atoms with Crippen molar-refractivity contribution in [3.8, 4) is 0 Å². The number of allylic oxidation sites excluding steroid dienone is 1. The van der Waals surface area contributed by atoms with Crippen molar-refractivity contribution in [2.45, 2.75) is 13.8 Å². The zero-order chi connectivity index (χ0) is 8.97. The van der Waals surface area contributed by atoms with Crippen LogP contribution in [-0.4, -0.2) is 10.8 Å². The number of aryl methyl sites for hydroxylation is 1. The highest BCUT2D eigenvalue weighted by Crippen LogP contribution is 2.05. The molecule has 0 saturated heterocycles. The Morgan fingerprint density at radius 2 is 2.33 bits per heavy atom. The van der Waals surface area contributed by atoms with Crippen LogP contribution in [-0.2, 0) is 4.79 Å². The minimum absolute atomic E-state index is 0.0539. The molecule has 0 aliphatic carbocycles. The van der Waals surface area contributed by atoms with Gasteiger partial charge in [0, 0.05) is 11.9 Å². The van der Waals surface area contributed by atoms with E-state index in [-0.39, 0.29) is 5.78 Å². The maximum Gasteiger partial charge on any atom is 0.152 e. The lowest BCUT2D eigenvalue weighted by molar-refractivity contribution is -0.112. The van der Waals surface area contributed by atoms with E-state index in [4.69, 9.17) is 0 Å². The molecule has 2 heteroatoms. The third kappa shape index (κ3) is 2.31. The minimum atomic E-state index is 0.0539. The van der Waals surface area contributed by atoms with Gasteiger partial charge in [-0.05, 0) is 37.6 Å². The lowest BCUT2D eigenvalue weighted by Gasteiger charge is -1.95. The first-order chi connectivity index (χ1) is 5.70. The quantitative estimate of drug-likeness (QED) is 0.621. The van der Waals surface area contributed by atoms with E-state index in [1.807, 2.05) is 19.1 Å². The summed E-state index contributed by atoms with van der Waals surface area (Å²) in [5.74, 6) is 0.0539. The molecule has 1 heterocycles. The summed E-state index contributed by atoms with van der Waals surface area (Å²) in [5, 5.41) is 0. The van der Waals surface area contributed by atoms with Gasteiger partial charge in [-0.3, -0.25) is 9.78 Å². The molecule has 0 aliphatic heterocycles. The van der Waals surface area contributed by atoms with Gasteiger partial charge in [0.1, 0.15) is 0 Å². The Morgan fingerprint density at radius 3 is 2.92 bits per heavy atom. The molecular weight excluding hydrogens is 150 g/mol. The fourth-order valence-corrected chi connectivity index (χ4v) is 0.880. The standard InChI is InChI=1S/C10H11NO/c1-8(12)5-6-10-4-3-7-11-9(10)2/h3-7H,1-2H3/b6-5+. The highest BCUT2D eigenvalue weighted by Gasteiger charge is 1.92. The Hall–Kier alpha value is -1.44. The number of rotatable bonds is 2. The summed E-state index contributed by atoms with van der Waals surface area (Å²) in [6, 6.07) is 3.79. The number of carbonyl (C=O) groups excluding carboxylic acids is 1. The molecule has 1 aromatic heterocycles. The van der Waals surface area contributed by atoms with E-state index in [1.54, 1.807) is 18.3 Å². The maximum absolute atomic E-state index is 10.6. The van der Waals surface area contributed by atoms with Crippen LogP contribution in [0, 0.1) is 6.92 Å². The van der Waals surface area contributed by atoms with Gasteiger partial charge in [0.05, 0.1) is 0 Å². The Bertz CT molecular complexity index is 315. The predicted molar refractivity (Wildman–Crippen MR) is 48.7 cm³/mol. The maximum atomic E-state index is 10.6. The normalized spacial score (nSPS) is 10.5.